The molecule has 0 fully saturated rings. The lowest BCUT2D eigenvalue weighted by molar-refractivity contribution is 0.0940. The van der Waals surface area contributed by atoms with Gasteiger partial charge in [0.05, 0.1) is 17.5 Å². The number of nitrogens with one attached hydrogen (secondary N) is 2. The van der Waals surface area contributed by atoms with Crippen LogP contribution in [-0.4, -0.2) is 29.5 Å². The Bertz CT molecular complexity index is 474. The average molecular weight is 269 g/mol. The number of halogens is 1. The van der Waals surface area contributed by atoms with Gasteiger partial charge in [0.1, 0.15) is 0 Å². The topological polar surface area (TPSA) is 61.4 Å². The lowest BCUT2D eigenvalue weighted by Gasteiger charge is -2.19. The molecule has 0 saturated carbocycles. The zero-order chi connectivity index (χ0) is 13.3. The summed E-state index contributed by atoms with van der Waals surface area (Å²) in [7, 11) is 0. The van der Waals surface area contributed by atoms with Gasteiger partial charge < -0.3 is 15.7 Å². The third-order valence-corrected chi connectivity index (χ3v) is 3.44. The molecule has 98 valence electrons. The first-order valence-corrected chi connectivity index (χ1v) is 6.42. The number of rotatable bonds is 4. The molecule has 0 aliphatic carbocycles. The van der Waals surface area contributed by atoms with Crippen molar-refractivity contribution in [3.05, 3.63) is 29.3 Å². The molecule has 0 radical (unpaired) electrons. The maximum atomic E-state index is 11.8. The second-order valence-electron chi connectivity index (χ2n) is 5.03. The minimum Gasteiger partial charge on any atom is -0.390 e. The highest BCUT2D eigenvalue weighted by atomic mass is 35.5. The van der Waals surface area contributed by atoms with E-state index in [0.29, 0.717) is 12.1 Å². The summed E-state index contributed by atoms with van der Waals surface area (Å²) in [6, 6.07) is 5.64. The Labute approximate surface area is 111 Å². The molecule has 4 nitrogen and oxygen atoms in total. The monoisotopic (exact) mass is 268 g/mol. The van der Waals surface area contributed by atoms with Crippen LogP contribution in [0.3, 0.4) is 0 Å². The smallest absolute Gasteiger partial charge is 0.252 e. The number of benzene rings is 1. The number of carbonyl (C=O) groups is 1. The zero-order valence-corrected chi connectivity index (χ0v) is 11.2. The van der Waals surface area contributed by atoms with Crippen LogP contribution in [0.1, 0.15) is 29.8 Å². The van der Waals surface area contributed by atoms with E-state index in [-0.39, 0.29) is 17.3 Å². The molecule has 1 aliphatic heterocycles. The molecule has 0 aromatic heterocycles. The second-order valence-corrected chi connectivity index (χ2v) is 5.34. The number of hydrogen-bond donors (Lipinski definition) is 3. The van der Waals surface area contributed by atoms with Crippen molar-refractivity contribution in [3.63, 3.8) is 0 Å². The molecular formula is C13H17ClN2O2. The van der Waals surface area contributed by atoms with Crippen molar-refractivity contribution in [3.8, 4) is 0 Å². The number of carbonyl (C=O) groups excluding carboxylic acids is 1. The molecule has 1 unspecified atom stereocenters. The molecule has 3 N–H and O–H groups in total. The van der Waals surface area contributed by atoms with E-state index in [0.717, 1.165) is 11.3 Å². The first kappa shape index (κ1) is 13.2. The summed E-state index contributed by atoms with van der Waals surface area (Å²) in [4.78, 5) is 11.8. The van der Waals surface area contributed by atoms with Gasteiger partial charge in [0.25, 0.3) is 5.91 Å². The van der Waals surface area contributed by atoms with Crippen molar-refractivity contribution in [2.75, 3.05) is 17.7 Å². The van der Waals surface area contributed by atoms with Crippen LogP contribution >= 0.6 is 11.6 Å². The van der Waals surface area contributed by atoms with Crippen LogP contribution in [0, 0.1) is 0 Å². The predicted octanol–water partition coefficient (Wildman–Crippen LogP) is 1.68. The third kappa shape index (κ3) is 2.44. The number of aliphatic hydroxyl groups is 1. The molecule has 1 amide bonds. The number of fused-ring (bicyclic) bond motifs is 1. The molecule has 1 aliphatic rings. The van der Waals surface area contributed by atoms with Gasteiger partial charge in [-0.1, -0.05) is 6.07 Å². The van der Waals surface area contributed by atoms with E-state index in [1.807, 2.05) is 26.0 Å². The SMILES string of the molecule is CC1(C)NC(=O)c2cc(NCC(O)CCl)ccc21. The number of anilines is 1. The standard InChI is InChI=1S/C13H17ClN2O2/c1-13(2)11-4-3-8(15-7-9(17)6-14)5-10(11)12(18)16-13/h3-5,9,15,17H,6-7H2,1-2H3,(H,16,18). The van der Waals surface area contributed by atoms with Gasteiger partial charge in [-0.2, -0.15) is 0 Å². The van der Waals surface area contributed by atoms with Gasteiger partial charge in [0.15, 0.2) is 0 Å². The zero-order valence-electron chi connectivity index (χ0n) is 10.5. The molecular weight excluding hydrogens is 252 g/mol. The van der Waals surface area contributed by atoms with Crippen molar-refractivity contribution in [1.29, 1.82) is 0 Å². The predicted molar refractivity (Wildman–Crippen MR) is 72.2 cm³/mol. The van der Waals surface area contributed by atoms with Gasteiger partial charge in [-0.15, -0.1) is 11.6 Å². The highest BCUT2D eigenvalue weighted by Crippen LogP contribution is 2.31. The van der Waals surface area contributed by atoms with Gasteiger partial charge in [-0.05, 0) is 31.5 Å². The first-order chi connectivity index (χ1) is 8.44. The van der Waals surface area contributed by atoms with Crippen molar-refractivity contribution in [2.24, 2.45) is 0 Å². The Kier molecular flexibility index (Phi) is 3.50. The number of aliphatic hydroxyl groups excluding tert-OH is 1. The van der Waals surface area contributed by atoms with E-state index in [1.165, 1.54) is 0 Å². The van der Waals surface area contributed by atoms with Gasteiger partial charge >= 0.3 is 0 Å². The lowest BCUT2D eigenvalue weighted by Crippen LogP contribution is -2.32. The van der Waals surface area contributed by atoms with E-state index in [4.69, 9.17) is 11.6 Å². The minimum atomic E-state index is -0.592. The molecule has 1 aromatic carbocycles. The summed E-state index contributed by atoms with van der Waals surface area (Å²) in [6.07, 6.45) is -0.592. The summed E-state index contributed by atoms with van der Waals surface area (Å²) in [5, 5.41) is 15.4. The van der Waals surface area contributed by atoms with Crippen molar-refractivity contribution < 1.29 is 9.90 Å². The summed E-state index contributed by atoms with van der Waals surface area (Å²) in [6.45, 7) is 4.31. The Morgan fingerprint density at radius 1 is 1.50 bits per heavy atom. The first-order valence-electron chi connectivity index (χ1n) is 5.89. The quantitative estimate of drug-likeness (QED) is 0.728. The van der Waals surface area contributed by atoms with Gasteiger partial charge in [-0.25, -0.2) is 0 Å². The molecule has 1 heterocycles. The minimum absolute atomic E-state index is 0.0588. The molecule has 1 atom stereocenters. The normalized spacial score (nSPS) is 18.1. The number of amides is 1. The average Bonchev–Trinajstić information content (AvgIpc) is 2.56. The van der Waals surface area contributed by atoms with Crippen LogP contribution < -0.4 is 10.6 Å². The summed E-state index contributed by atoms with van der Waals surface area (Å²) < 4.78 is 0. The highest BCUT2D eigenvalue weighted by molar-refractivity contribution is 6.18. The Morgan fingerprint density at radius 3 is 2.89 bits per heavy atom. The Balaban J connectivity index is 2.18. The van der Waals surface area contributed by atoms with E-state index >= 15 is 0 Å². The molecule has 0 bridgehead atoms. The van der Waals surface area contributed by atoms with E-state index in [1.54, 1.807) is 6.07 Å². The molecule has 0 spiro atoms. The number of alkyl halides is 1. The molecule has 18 heavy (non-hydrogen) atoms. The third-order valence-electron chi connectivity index (χ3n) is 3.08. The highest BCUT2D eigenvalue weighted by Gasteiger charge is 2.34. The van der Waals surface area contributed by atoms with Crippen molar-refractivity contribution in [2.45, 2.75) is 25.5 Å². The van der Waals surface area contributed by atoms with Crippen molar-refractivity contribution >= 4 is 23.2 Å². The van der Waals surface area contributed by atoms with Gasteiger partial charge in [-0.3, -0.25) is 4.79 Å². The van der Waals surface area contributed by atoms with Crippen LogP contribution in [0.4, 0.5) is 5.69 Å². The maximum absolute atomic E-state index is 11.8. The van der Waals surface area contributed by atoms with Gasteiger partial charge in [0.2, 0.25) is 0 Å². The molecule has 0 saturated heterocycles. The molecule has 1 aromatic rings. The summed E-state index contributed by atoms with van der Waals surface area (Å²) in [5.74, 6) is 0.127. The largest absolute Gasteiger partial charge is 0.390 e. The fourth-order valence-electron chi connectivity index (χ4n) is 2.10. The maximum Gasteiger partial charge on any atom is 0.252 e. The van der Waals surface area contributed by atoms with E-state index in [9.17, 15) is 9.90 Å². The lowest BCUT2D eigenvalue weighted by atomic mass is 9.94. The van der Waals surface area contributed by atoms with E-state index in [2.05, 4.69) is 10.6 Å². The van der Waals surface area contributed by atoms with Crippen LogP contribution in [0.2, 0.25) is 0 Å². The fourth-order valence-corrected chi connectivity index (χ4v) is 2.20. The van der Waals surface area contributed by atoms with E-state index < -0.39 is 6.10 Å². The van der Waals surface area contributed by atoms with Crippen molar-refractivity contribution in [1.82, 2.24) is 5.32 Å². The Morgan fingerprint density at radius 2 is 2.22 bits per heavy atom. The number of hydrogen-bond acceptors (Lipinski definition) is 3. The van der Waals surface area contributed by atoms with Crippen LogP contribution in [0.25, 0.3) is 0 Å². The summed E-state index contributed by atoms with van der Waals surface area (Å²) >= 11 is 5.52. The van der Waals surface area contributed by atoms with Crippen LogP contribution in [-0.2, 0) is 5.54 Å². The molecule has 2 rings (SSSR count). The second kappa shape index (κ2) is 4.78. The van der Waals surface area contributed by atoms with Crippen LogP contribution in [0.5, 0.6) is 0 Å². The fraction of sp³-hybridized carbons (Fsp3) is 0.462. The van der Waals surface area contributed by atoms with Crippen LogP contribution in [0.15, 0.2) is 18.2 Å². The molecule has 5 heteroatoms. The Hall–Kier alpha value is -1.26. The van der Waals surface area contributed by atoms with Gasteiger partial charge in [0, 0.05) is 17.8 Å². The summed E-state index contributed by atoms with van der Waals surface area (Å²) in [5.41, 5.74) is 2.17.